The summed E-state index contributed by atoms with van der Waals surface area (Å²) in [7, 11) is -3.58. The molecule has 0 saturated heterocycles. The van der Waals surface area contributed by atoms with Crippen molar-refractivity contribution in [1.29, 1.82) is 0 Å². The molecule has 0 heterocycles. The van der Waals surface area contributed by atoms with Crippen LogP contribution in [0.15, 0.2) is 42.5 Å². The molecule has 0 aromatic heterocycles. The number of sulfone groups is 1. The summed E-state index contributed by atoms with van der Waals surface area (Å²) in [6.07, 6.45) is 0. The molecule has 0 aliphatic carbocycles. The van der Waals surface area contributed by atoms with E-state index in [1.54, 1.807) is 49.4 Å². The molecule has 4 nitrogen and oxygen atoms in total. The van der Waals surface area contributed by atoms with Gasteiger partial charge < -0.3 is 5.32 Å². The number of carbonyl (C=O) groups excluding carboxylic acids is 1. The van der Waals surface area contributed by atoms with Gasteiger partial charge in [0.15, 0.2) is 9.84 Å². The van der Waals surface area contributed by atoms with Crippen LogP contribution in [0.3, 0.4) is 0 Å². The van der Waals surface area contributed by atoms with Gasteiger partial charge in [-0.25, -0.2) is 8.42 Å². The third-order valence-corrected chi connectivity index (χ3v) is 5.09. The van der Waals surface area contributed by atoms with E-state index in [1.165, 1.54) is 0 Å². The second-order valence-corrected chi connectivity index (χ2v) is 8.10. The van der Waals surface area contributed by atoms with Crippen LogP contribution in [0.4, 0.5) is 5.69 Å². The number of aryl methyl sites for hydroxylation is 1. The molecule has 0 unspecified atom stereocenters. The number of carbonyl (C=O) groups is 1. The van der Waals surface area contributed by atoms with E-state index in [2.05, 4.69) is 5.32 Å². The van der Waals surface area contributed by atoms with Gasteiger partial charge in [-0.1, -0.05) is 41.4 Å². The minimum absolute atomic E-state index is 0.216. The van der Waals surface area contributed by atoms with Crippen molar-refractivity contribution < 1.29 is 13.2 Å². The summed E-state index contributed by atoms with van der Waals surface area (Å²) in [6, 6.07) is 11.5. The first-order valence-electron chi connectivity index (χ1n) is 6.76. The summed E-state index contributed by atoms with van der Waals surface area (Å²) in [5.74, 6) is -1.41. The largest absolute Gasteiger partial charge is 0.325 e. The Kier molecular flexibility index (Phi) is 5.68. The lowest BCUT2D eigenvalue weighted by Gasteiger charge is -2.09. The van der Waals surface area contributed by atoms with Crippen molar-refractivity contribution >= 4 is 44.6 Å². The molecule has 0 fully saturated rings. The molecule has 0 aliphatic rings. The van der Waals surface area contributed by atoms with Crippen molar-refractivity contribution in [2.45, 2.75) is 12.7 Å². The molecule has 0 spiro atoms. The Morgan fingerprint density at radius 2 is 1.65 bits per heavy atom. The lowest BCUT2D eigenvalue weighted by Crippen LogP contribution is -2.24. The molecule has 2 aromatic rings. The number of halogens is 2. The standard InChI is InChI=1S/C16H15Cl2NO3S/c1-11-2-5-14(18)8-15(11)19-16(20)10-23(21,22)9-12-3-6-13(17)7-4-12/h2-8H,9-10H2,1H3,(H,19,20). The minimum atomic E-state index is -3.58. The molecule has 1 amide bonds. The van der Waals surface area contributed by atoms with Crippen LogP contribution in [-0.2, 0) is 20.4 Å². The SMILES string of the molecule is Cc1ccc(Cl)cc1NC(=O)CS(=O)(=O)Cc1ccc(Cl)cc1. The number of amides is 1. The van der Waals surface area contributed by atoms with Gasteiger partial charge >= 0.3 is 0 Å². The lowest BCUT2D eigenvalue weighted by atomic mass is 10.2. The molecule has 122 valence electrons. The number of benzene rings is 2. The Bertz CT molecular complexity index is 818. The molecule has 0 atom stereocenters. The summed E-state index contributed by atoms with van der Waals surface area (Å²) in [4.78, 5) is 12.0. The molecule has 0 radical (unpaired) electrons. The predicted octanol–water partition coefficient (Wildman–Crippen LogP) is 3.86. The van der Waals surface area contributed by atoms with Crippen molar-refractivity contribution in [3.05, 3.63) is 63.6 Å². The zero-order valence-electron chi connectivity index (χ0n) is 12.3. The van der Waals surface area contributed by atoms with E-state index in [9.17, 15) is 13.2 Å². The Morgan fingerprint density at radius 3 is 2.30 bits per heavy atom. The average molecular weight is 372 g/mol. The van der Waals surface area contributed by atoms with Crippen molar-refractivity contribution in [2.24, 2.45) is 0 Å². The molecular weight excluding hydrogens is 357 g/mol. The van der Waals surface area contributed by atoms with Gasteiger partial charge in [0.1, 0.15) is 5.75 Å². The van der Waals surface area contributed by atoms with Crippen molar-refractivity contribution in [2.75, 3.05) is 11.1 Å². The van der Waals surface area contributed by atoms with E-state index in [4.69, 9.17) is 23.2 Å². The molecule has 1 N–H and O–H groups in total. The first-order chi connectivity index (χ1) is 10.7. The van der Waals surface area contributed by atoms with Crippen molar-refractivity contribution in [3.63, 3.8) is 0 Å². The van der Waals surface area contributed by atoms with Crippen LogP contribution in [0.5, 0.6) is 0 Å². The first-order valence-corrected chi connectivity index (χ1v) is 9.34. The van der Waals surface area contributed by atoms with E-state index >= 15 is 0 Å². The molecule has 0 aliphatic heterocycles. The summed E-state index contributed by atoms with van der Waals surface area (Å²) in [5, 5.41) is 3.57. The fourth-order valence-electron chi connectivity index (χ4n) is 2.00. The number of rotatable bonds is 5. The van der Waals surface area contributed by atoms with Gasteiger partial charge in [-0.05, 0) is 42.3 Å². The molecule has 0 bridgehead atoms. The lowest BCUT2D eigenvalue weighted by molar-refractivity contribution is -0.113. The van der Waals surface area contributed by atoms with E-state index < -0.39 is 21.5 Å². The van der Waals surface area contributed by atoms with Crippen LogP contribution >= 0.6 is 23.2 Å². The van der Waals surface area contributed by atoms with Gasteiger partial charge in [-0.3, -0.25) is 4.79 Å². The zero-order chi connectivity index (χ0) is 17.0. The second-order valence-electron chi connectivity index (χ2n) is 5.17. The number of hydrogen-bond donors (Lipinski definition) is 1. The molecule has 7 heteroatoms. The molecular formula is C16H15Cl2NO3S. The smallest absolute Gasteiger partial charge is 0.239 e. The van der Waals surface area contributed by atoms with Crippen molar-refractivity contribution in [1.82, 2.24) is 0 Å². The van der Waals surface area contributed by atoms with E-state index in [0.717, 1.165) is 5.56 Å². The Morgan fingerprint density at radius 1 is 1.04 bits per heavy atom. The fourth-order valence-corrected chi connectivity index (χ4v) is 3.57. The highest BCUT2D eigenvalue weighted by Gasteiger charge is 2.18. The number of hydrogen-bond acceptors (Lipinski definition) is 3. The second kappa shape index (κ2) is 7.34. The summed E-state index contributed by atoms with van der Waals surface area (Å²) < 4.78 is 24.2. The van der Waals surface area contributed by atoms with E-state index in [-0.39, 0.29) is 5.75 Å². The maximum absolute atomic E-state index is 12.1. The summed E-state index contributed by atoms with van der Waals surface area (Å²) in [5.41, 5.74) is 1.89. The third kappa shape index (κ3) is 5.53. The Balaban J connectivity index is 2.03. The maximum atomic E-state index is 12.1. The highest BCUT2D eigenvalue weighted by atomic mass is 35.5. The fraction of sp³-hybridized carbons (Fsp3) is 0.188. The highest BCUT2D eigenvalue weighted by molar-refractivity contribution is 7.91. The van der Waals surface area contributed by atoms with Crippen LogP contribution < -0.4 is 5.32 Å². The van der Waals surface area contributed by atoms with Gasteiger partial charge in [0.2, 0.25) is 5.91 Å². The minimum Gasteiger partial charge on any atom is -0.325 e. The Labute approximate surface area is 145 Å². The molecule has 2 rings (SSSR count). The molecule has 2 aromatic carbocycles. The first kappa shape index (κ1) is 17.8. The maximum Gasteiger partial charge on any atom is 0.239 e. The monoisotopic (exact) mass is 371 g/mol. The summed E-state index contributed by atoms with van der Waals surface area (Å²) >= 11 is 11.6. The molecule has 23 heavy (non-hydrogen) atoms. The van der Waals surface area contributed by atoms with E-state index in [0.29, 0.717) is 21.3 Å². The predicted molar refractivity (Wildman–Crippen MR) is 93.8 cm³/mol. The molecule has 0 saturated carbocycles. The average Bonchev–Trinajstić information content (AvgIpc) is 2.44. The van der Waals surface area contributed by atoms with Crippen LogP contribution in [0.2, 0.25) is 10.0 Å². The van der Waals surface area contributed by atoms with Crippen LogP contribution in [0.1, 0.15) is 11.1 Å². The van der Waals surface area contributed by atoms with E-state index in [1.807, 2.05) is 0 Å². The third-order valence-electron chi connectivity index (χ3n) is 3.12. The van der Waals surface area contributed by atoms with Gasteiger partial charge in [-0.2, -0.15) is 0 Å². The number of nitrogens with one attached hydrogen (secondary N) is 1. The quantitative estimate of drug-likeness (QED) is 0.867. The highest BCUT2D eigenvalue weighted by Crippen LogP contribution is 2.20. The van der Waals surface area contributed by atoms with Gasteiger partial charge in [-0.15, -0.1) is 0 Å². The van der Waals surface area contributed by atoms with Gasteiger partial charge in [0.25, 0.3) is 0 Å². The topological polar surface area (TPSA) is 63.2 Å². The number of anilines is 1. The van der Waals surface area contributed by atoms with Crippen LogP contribution in [-0.4, -0.2) is 20.1 Å². The Hall–Kier alpha value is -1.56. The normalized spacial score (nSPS) is 11.3. The zero-order valence-corrected chi connectivity index (χ0v) is 14.7. The summed E-state index contributed by atoms with van der Waals surface area (Å²) in [6.45, 7) is 1.80. The van der Waals surface area contributed by atoms with Crippen LogP contribution in [0.25, 0.3) is 0 Å². The van der Waals surface area contributed by atoms with Crippen LogP contribution in [0, 0.1) is 6.92 Å². The van der Waals surface area contributed by atoms with Gasteiger partial charge in [0, 0.05) is 15.7 Å². The van der Waals surface area contributed by atoms with Crippen molar-refractivity contribution in [3.8, 4) is 0 Å². The van der Waals surface area contributed by atoms with Gasteiger partial charge in [0.05, 0.1) is 5.75 Å².